The van der Waals surface area contributed by atoms with Crippen molar-refractivity contribution in [3.8, 4) is 0 Å². The van der Waals surface area contributed by atoms with Crippen LogP contribution in [0.15, 0.2) is 91.1 Å². The van der Waals surface area contributed by atoms with Gasteiger partial charge in [-0.1, -0.05) is 74.5 Å². The van der Waals surface area contributed by atoms with E-state index in [0.717, 1.165) is 25.3 Å². The Morgan fingerprint density at radius 2 is 1.61 bits per heavy atom. The van der Waals surface area contributed by atoms with E-state index in [1.807, 2.05) is 12.3 Å². The highest BCUT2D eigenvalue weighted by molar-refractivity contribution is 14.2. The van der Waals surface area contributed by atoms with Crippen LogP contribution < -0.4 is 8.01 Å². The summed E-state index contributed by atoms with van der Waals surface area (Å²) in [6, 6.07) is 28.6. The normalized spacial score (nSPS) is 14.9. The van der Waals surface area contributed by atoms with E-state index in [9.17, 15) is 0 Å². The van der Waals surface area contributed by atoms with Gasteiger partial charge in [0.2, 0.25) is 0 Å². The maximum absolute atomic E-state index is 4.64. The predicted molar refractivity (Wildman–Crippen MR) is 165 cm³/mol. The fourth-order valence-electron chi connectivity index (χ4n) is 5.04. The molecule has 1 aliphatic rings. The summed E-state index contributed by atoms with van der Waals surface area (Å²) in [5.41, 5.74) is 6.40. The summed E-state index contributed by atoms with van der Waals surface area (Å²) in [5, 5.41) is 2.65. The number of aromatic nitrogens is 1. The van der Waals surface area contributed by atoms with Gasteiger partial charge in [-0.25, -0.2) is 0 Å². The molecule has 0 spiro atoms. The molecule has 2 heterocycles. The first-order chi connectivity index (χ1) is 17.5. The second-order valence-electron chi connectivity index (χ2n) is 9.68. The molecule has 3 aromatic carbocycles. The molecule has 36 heavy (non-hydrogen) atoms. The van der Waals surface area contributed by atoms with Crippen LogP contribution in [-0.4, -0.2) is 21.6 Å². The van der Waals surface area contributed by atoms with Gasteiger partial charge < -0.3 is 8.01 Å². The zero-order valence-electron chi connectivity index (χ0n) is 21.6. The number of allylic oxidation sites excluding steroid dienone is 1. The van der Waals surface area contributed by atoms with E-state index in [1.54, 1.807) is 0 Å². The molecule has 0 fully saturated rings. The van der Waals surface area contributed by atoms with Crippen LogP contribution in [0.5, 0.6) is 0 Å². The molecule has 1 aliphatic heterocycles. The number of nitrogens with zero attached hydrogens (tertiary/aromatic N) is 3. The fraction of sp³-hybridized carbons (Fsp3) is 0.250. The van der Waals surface area contributed by atoms with Crippen molar-refractivity contribution in [2.24, 2.45) is 0 Å². The lowest BCUT2D eigenvalue weighted by atomic mass is 9.77. The number of halogens is 1. The van der Waals surface area contributed by atoms with Gasteiger partial charge in [0.15, 0.2) is 0 Å². The average molecular weight is 588 g/mol. The number of pyridine rings is 1. The molecular weight excluding hydrogens is 553 g/mol. The molecule has 0 saturated heterocycles. The largest absolute Gasteiger partial charge is 0.372 e. The second kappa shape index (κ2) is 10.6. The lowest BCUT2D eigenvalue weighted by Gasteiger charge is -2.38. The van der Waals surface area contributed by atoms with Gasteiger partial charge in [-0.05, 0) is 66.1 Å². The number of hydrogen-bond donors (Lipinski definition) is 0. The van der Waals surface area contributed by atoms with Crippen LogP contribution >= 0.6 is 21.0 Å². The molecule has 0 atom stereocenters. The third kappa shape index (κ3) is 4.83. The lowest BCUT2D eigenvalue weighted by molar-refractivity contribution is 0.737. The maximum Gasteiger partial charge on any atom is 0.0700 e. The van der Waals surface area contributed by atoms with Gasteiger partial charge in [-0.3, -0.25) is 4.98 Å². The average Bonchev–Trinajstić information content (AvgIpc) is 2.91. The standard InChI is InChI=1S/C32H34IN3/c1-5-35(6-2)27-18-14-24(15-19-27)16-21-30-32(3,4)31-28-13-8-7-11-25(28)17-20-29(31)36(33-30)23-26-12-9-10-22-34-26/h7-22H,5-6,23H2,1-4H3. The number of benzene rings is 3. The van der Waals surface area contributed by atoms with Crippen molar-refractivity contribution < 1.29 is 0 Å². The zero-order chi connectivity index (χ0) is 25.1. The van der Waals surface area contributed by atoms with Crippen LogP contribution in [0.2, 0.25) is 0 Å². The minimum absolute atomic E-state index is 0.0399. The Balaban J connectivity index is 1.55. The molecular formula is C32H34IN3. The highest BCUT2D eigenvalue weighted by Crippen LogP contribution is 2.47. The van der Waals surface area contributed by atoms with E-state index in [2.05, 4.69) is 126 Å². The Morgan fingerprint density at radius 3 is 2.33 bits per heavy atom. The van der Waals surface area contributed by atoms with E-state index in [1.165, 1.54) is 36.8 Å². The molecule has 0 unspecified atom stereocenters. The topological polar surface area (TPSA) is 19.4 Å². The summed E-state index contributed by atoms with van der Waals surface area (Å²) >= 11 is -0.384. The van der Waals surface area contributed by atoms with E-state index in [0.29, 0.717) is 0 Å². The monoisotopic (exact) mass is 587 g/mol. The molecule has 3 nitrogen and oxygen atoms in total. The van der Waals surface area contributed by atoms with E-state index in [4.69, 9.17) is 0 Å². The molecule has 4 aromatic rings. The summed E-state index contributed by atoms with van der Waals surface area (Å²) in [6.45, 7) is 12.1. The van der Waals surface area contributed by atoms with Gasteiger partial charge in [0.1, 0.15) is 0 Å². The Kier molecular flexibility index (Phi) is 7.24. The van der Waals surface area contributed by atoms with Gasteiger partial charge >= 0.3 is 0 Å². The molecule has 0 radical (unpaired) electrons. The number of fused-ring (bicyclic) bond motifs is 3. The second-order valence-corrected chi connectivity index (χ2v) is 12.5. The lowest BCUT2D eigenvalue weighted by Crippen LogP contribution is -2.34. The molecule has 5 rings (SSSR count). The van der Waals surface area contributed by atoms with Crippen molar-refractivity contribution in [2.75, 3.05) is 21.1 Å². The first-order valence-corrected chi connectivity index (χ1v) is 14.8. The van der Waals surface area contributed by atoms with E-state index >= 15 is 0 Å². The van der Waals surface area contributed by atoms with E-state index < -0.39 is 0 Å². The highest BCUT2D eigenvalue weighted by Gasteiger charge is 2.35. The first kappa shape index (κ1) is 24.7. The summed E-state index contributed by atoms with van der Waals surface area (Å²) in [5.74, 6) is 0. The fourth-order valence-corrected chi connectivity index (χ4v) is 8.06. The van der Waals surface area contributed by atoms with Crippen molar-refractivity contribution >= 4 is 52.7 Å². The van der Waals surface area contributed by atoms with Crippen LogP contribution in [0.3, 0.4) is 0 Å². The van der Waals surface area contributed by atoms with Crippen LogP contribution in [0, 0.1) is 0 Å². The van der Waals surface area contributed by atoms with Crippen molar-refractivity contribution in [1.82, 2.24) is 4.98 Å². The Morgan fingerprint density at radius 1 is 0.861 bits per heavy atom. The summed E-state index contributed by atoms with van der Waals surface area (Å²) in [4.78, 5) is 7.03. The third-order valence-corrected chi connectivity index (χ3v) is 10.7. The quantitative estimate of drug-likeness (QED) is 0.161. The molecule has 0 saturated carbocycles. The smallest absolute Gasteiger partial charge is 0.0700 e. The van der Waals surface area contributed by atoms with Crippen molar-refractivity contribution in [1.29, 1.82) is 0 Å². The van der Waals surface area contributed by atoms with Gasteiger partial charge in [0.05, 0.1) is 17.9 Å². The first-order valence-electron chi connectivity index (χ1n) is 12.8. The minimum atomic E-state index is -0.384. The van der Waals surface area contributed by atoms with Crippen molar-refractivity contribution in [3.05, 3.63) is 108 Å². The van der Waals surface area contributed by atoms with Gasteiger partial charge in [-0.2, -0.15) is 0 Å². The summed E-state index contributed by atoms with van der Waals surface area (Å²) < 4.78 is 4.12. The third-order valence-electron chi connectivity index (χ3n) is 7.05. The zero-order valence-corrected chi connectivity index (χ0v) is 23.7. The highest BCUT2D eigenvalue weighted by atomic mass is 127. The molecule has 0 amide bonds. The van der Waals surface area contributed by atoms with Gasteiger partial charge in [-0.15, -0.1) is 0 Å². The Hall–Kier alpha value is -2.99. The molecule has 1 aromatic heterocycles. The SMILES string of the molecule is CCN(CC)c1ccc(C=CC2=IN(Cc3ccccn3)c3ccc4ccccc4c3C2(C)C)cc1. The summed E-state index contributed by atoms with van der Waals surface area (Å²) in [7, 11) is 0. The maximum atomic E-state index is 4.64. The predicted octanol–water partition coefficient (Wildman–Crippen LogP) is 8.15. The Labute approximate surface area is 225 Å². The van der Waals surface area contributed by atoms with Crippen LogP contribution in [0.4, 0.5) is 11.4 Å². The summed E-state index contributed by atoms with van der Waals surface area (Å²) in [6.07, 6.45) is 6.60. The molecule has 0 N–H and O–H groups in total. The molecule has 0 bridgehead atoms. The van der Waals surface area contributed by atoms with Crippen molar-refractivity contribution in [3.63, 3.8) is 0 Å². The van der Waals surface area contributed by atoms with Gasteiger partial charge in [0, 0.05) is 54.9 Å². The number of hydrogen-bond acceptors (Lipinski definition) is 3. The molecule has 0 aliphatic carbocycles. The van der Waals surface area contributed by atoms with Crippen LogP contribution in [0.1, 0.15) is 44.5 Å². The Bertz CT molecular complexity index is 1400. The number of rotatable bonds is 7. The van der Waals surface area contributed by atoms with Crippen molar-refractivity contribution in [2.45, 2.75) is 39.7 Å². The molecule has 184 valence electrons. The molecule has 4 heteroatoms. The number of anilines is 2. The van der Waals surface area contributed by atoms with Gasteiger partial charge in [0.25, 0.3) is 0 Å². The minimum Gasteiger partial charge on any atom is -0.372 e. The van der Waals surface area contributed by atoms with Crippen LogP contribution in [0.25, 0.3) is 16.8 Å². The van der Waals surface area contributed by atoms with E-state index in [-0.39, 0.29) is 26.4 Å². The van der Waals surface area contributed by atoms with Crippen LogP contribution in [-0.2, 0) is 12.0 Å².